The third-order valence-electron chi connectivity index (χ3n) is 5.72. The third-order valence-corrected chi connectivity index (χ3v) is 5.72. The molecule has 1 atom stereocenters. The van der Waals surface area contributed by atoms with Crippen molar-refractivity contribution in [2.24, 2.45) is 4.99 Å². The van der Waals surface area contributed by atoms with Crippen LogP contribution in [0.3, 0.4) is 0 Å². The largest absolute Gasteiger partial charge is 0.468 e. The lowest BCUT2D eigenvalue weighted by molar-refractivity contribution is 0.215. The van der Waals surface area contributed by atoms with Crippen LogP contribution in [0.1, 0.15) is 30.2 Å². The highest BCUT2D eigenvalue weighted by molar-refractivity contribution is 5.79. The number of nitrogens with zero attached hydrogens (tertiary/aromatic N) is 3. The molecule has 2 aliphatic heterocycles. The number of hydrogen-bond acceptors (Lipinski definition) is 4. The fraction of sp³-hybridized carbons (Fsp3) is 0.435. The molecule has 4 rings (SSSR count). The second-order valence-corrected chi connectivity index (χ2v) is 7.62. The summed E-state index contributed by atoms with van der Waals surface area (Å²) in [5, 5.41) is 6.91. The van der Waals surface area contributed by atoms with Crippen LogP contribution in [0.2, 0.25) is 0 Å². The molecule has 2 aliphatic rings. The molecule has 0 amide bonds. The monoisotopic (exact) mass is 393 g/mol. The Bertz CT molecular complexity index is 798. The van der Waals surface area contributed by atoms with Crippen LogP contribution in [0.5, 0.6) is 0 Å². The molecule has 0 bridgehead atoms. The van der Waals surface area contributed by atoms with Gasteiger partial charge in [-0.1, -0.05) is 24.3 Å². The summed E-state index contributed by atoms with van der Waals surface area (Å²) < 4.78 is 5.71. The van der Waals surface area contributed by atoms with E-state index in [0.29, 0.717) is 0 Å². The Labute approximate surface area is 173 Å². The Morgan fingerprint density at radius 2 is 1.83 bits per heavy atom. The number of nitrogens with one attached hydrogen (secondary N) is 2. The van der Waals surface area contributed by atoms with E-state index >= 15 is 0 Å². The van der Waals surface area contributed by atoms with Crippen LogP contribution in [0, 0.1) is 0 Å². The standard InChI is InChI=1S/C23H31N5O/c1-24-23(25-17-19-8-10-20(11-9-19)27-12-2-3-13-27)26-18-21(22-7-6-16-29-22)28-14-4-5-15-28/h2-3,6-11,16,21H,4-5,12-15,17-18H2,1H3,(H2,24,25,26). The topological polar surface area (TPSA) is 56.0 Å². The van der Waals surface area contributed by atoms with Gasteiger partial charge in [0.05, 0.1) is 12.3 Å². The fourth-order valence-electron chi connectivity index (χ4n) is 4.06. The zero-order chi connectivity index (χ0) is 19.9. The molecule has 2 N–H and O–H groups in total. The predicted molar refractivity (Wildman–Crippen MR) is 118 cm³/mol. The van der Waals surface area contributed by atoms with E-state index in [1.54, 1.807) is 6.26 Å². The Morgan fingerprint density at radius 1 is 1.07 bits per heavy atom. The molecule has 6 nitrogen and oxygen atoms in total. The average Bonchev–Trinajstić information content (AvgIpc) is 3.54. The van der Waals surface area contributed by atoms with E-state index in [4.69, 9.17) is 4.42 Å². The summed E-state index contributed by atoms with van der Waals surface area (Å²) in [4.78, 5) is 9.24. The highest BCUT2D eigenvalue weighted by atomic mass is 16.3. The van der Waals surface area contributed by atoms with E-state index in [1.807, 2.05) is 13.1 Å². The smallest absolute Gasteiger partial charge is 0.191 e. The Kier molecular flexibility index (Phi) is 6.52. The van der Waals surface area contributed by atoms with Gasteiger partial charge in [0, 0.05) is 38.9 Å². The molecule has 1 fully saturated rings. The Hall–Kier alpha value is -2.73. The molecule has 0 aliphatic carbocycles. The van der Waals surface area contributed by atoms with Crippen LogP contribution in [0.25, 0.3) is 0 Å². The van der Waals surface area contributed by atoms with Crippen LogP contribution in [0.15, 0.2) is 64.2 Å². The summed E-state index contributed by atoms with van der Waals surface area (Å²) in [5.41, 5.74) is 2.51. The molecular formula is C23H31N5O. The Balaban J connectivity index is 1.29. The van der Waals surface area contributed by atoms with Gasteiger partial charge in [0.2, 0.25) is 0 Å². The summed E-state index contributed by atoms with van der Waals surface area (Å²) in [7, 11) is 1.82. The maximum atomic E-state index is 5.71. The van der Waals surface area contributed by atoms with Crippen LogP contribution in [-0.4, -0.2) is 50.6 Å². The summed E-state index contributed by atoms with van der Waals surface area (Å²) in [6.45, 7) is 5.77. The first-order valence-electron chi connectivity index (χ1n) is 10.5. The first-order valence-corrected chi connectivity index (χ1v) is 10.5. The minimum absolute atomic E-state index is 0.236. The minimum Gasteiger partial charge on any atom is -0.468 e. The second-order valence-electron chi connectivity index (χ2n) is 7.62. The Morgan fingerprint density at radius 3 is 2.48 bits per heavy atom. The number of rotatable bonds is 7. The molecule has 29 heavy (non-hydrogen) atoms. The number of likely N-dealkylation sites (tertiary alicyclic amines) is 1. The second kappa shape index (κ2) is 9.65. The lowest BCUT2D eigenvalue weighted by Crippen LogP contribution is -2.42. The number of anilines is 1. The normalized spacial score (nSPS) is 18.4. The van der Waals surface area contributed by atoms with Crippen LogP contribution >= 0.6 is 0 Å². The molecule has 0 spiro atoms. The zero-order valence-electron chi connectivity index (χ0n) is 17.2. The summed E-state index contributed by atoms with van der Waals surface area (Å²) in [6, 6.07) is 13.0. The molecule has 154 valence electrons. The van der Waals surface area contributed by atoms with E-state index in [1.165, 1.54) is 24.1 Å². The molecule has 1 unspecified atom stereocenters. The van der Waals surface area contributed by atoms with Gasteiger partial charge in [-0.05, 0) is 55.8 Å². The van der Waals surface area contributed by atoms with E-state index in [2.05, 4.69) is 67.9 Å². The summed E-state index contributed by atoms with van der Waals surface area (Å²) in [5.74, 6) is 1.83. The number of benzene rings is 1. The third kappa shape index (κ3) is 5.01. The van der Waals surface area contributed by atoms with Gasteiger partial charge in [-0.25, -0.2) is 0 Å². The molecule has 1 saturated heterocycles. The van der Waals surface area contributed by atoms with E-state index in [-0.39, 0.29) is 6.04 Å². The summed E-state index contributed by atoms with van der Waals surface area (Å²) >= 11 is 0. The van der Waals surface area contributed by atoms with Crippen molar-refractivity contribution in [3.8, 4) is 0 Å². The number of furan rings is 1. The van der Waals surface area contributed by atoms with Gasteiger partial charge in [0.1, 0.15) is 5.76 Å². The maximum absolute atomic E-state index is 5.71. The van der Waals surface area contributed by atoms with Crippen molar-refractivity contribution in [2.45, 2.75) is 25.4 Å². The predicted octanol–water partition coefficient (Wildman–Crippen LogP) is 3.16. The fourth-order valence-corrected chi connectivity index (χ4v) is 4.06. The van der Waals surface area contributed by atoms with Crippen molar-refractivity contribution >= 4 is 11.6 Å². The minimum atomic E-state index is 0.236. The van der Waals surface area contributed by atoms with Crippen LogP contribution < -0.4 is 15.5 Å². The van der Waals surface area contributed by atoms with Crippen molar-refractivity contribution < 1.29 is 4.42 Å². The van der Waals surface area contributed by atoms with Crippen LogP contribution in [-0.2, 0) is 6.54 Å². The van der Waals surface area contributed by atoms with Crippen molar-refractivity contribution in [1.29, 1.82) is 0 Å². The van der Waals surface area contributed by atoms with E-state index < -0.39 is 0 Å². The van der Waals surface area contributed by atoms with Gasteiger partial charge in [-0.3, -0.25) is 9.89 Å². The highest BCUT2D eigenvalue weighted by Gasteiger charge is 2.25. The van der Waals surface area contributed by atoms with Crippen molar-refractivity contribution in [2.75, 3.05) is 44.7 Å². The molecule has 1 aromatic carbocycles. The van der Waals surface area contributed by atoms with E-state index in [0.717, 1.165) is 51.0 Å². The molecule has 3 heterocycles. The van der Waals surface area contributed by atoms with Gasteiger partial charge < -0.3 is 20.0 Å². The number of guanidine groups is 1. The maximum Gasteiger partial charge on any atom is 0.191 e. The van der Waals surface area contributed by atoms with Crippen molar-refractivity contribution in [3.63, 3.8) is 0 Å². The SMILES string of the molecule is CN=C(NCc1ccc(N2CC=CC2)cc1)NCC(c1ccco1)N1CCCC1. The summed E-state index contributed by atoms with van der Waals surface area (Å²) in [6.07, 6.45) is 8.70. The van der Waals surface area contributed by atoms with Gasteiger partial charge in [-0.2, -0.15) is 0 Å². The van der Waals surface area contributed by atoms with Gasteiger partial charge >= 0.3 is 0 Å². The highest BCUT2D eigenvalue weighted by Crippen LogP contribution is 2.24. The van der Waals surface area contributed by atoms with Crippen molar-refractivity contribution in [3.05, 3.63) is 66.1 Å². The number of hydrogen-bond donors (Lipinski definition) is 2. The first kappa shape index (κ1) is 19.6. The zero-order valence-corrected chi connectivity index (χ0v) is 17.2. The molecular weight excluding hydrogens is 362 g/mol. The van der Waals surface area contributed by atoms with Gasteiger partial charge in [-0.15, -0.1) is 0 Å². The van der Waals surface area contributed by atoms with Crippen molar-refractivity contribution in [1.82, 2.24) is 15.5 Å². The molecule has 1 aromatic heterocycles. The average molecular weight is 394 g/mol. The molecule has 2 aromatic rings. The number of aliphatic imine (C=N–C) groups is 1. The van der Waals surface area contributed by atoms with E-state index in [9.17, 15) is 0 Å². The van der Waals surface area contributed by atoms with Crippen LogP contribution in [0.4, 0.5) is 5.69 Å². The molecule has 0 saturated carbocycles. The first-order chi connectivity index (χ1) is 14.3. The quantitative estimate of drug-likeness (QED) is 0.430. The lowest BCUT2D eigenvalue weighted by atomic mass is 10.2. The van der Waals surface area contributed by atoms with Gasteiger partial charge in [0.25, 0.3) is 0 Å². The van der Waals surface area contributed by atoms with Gasteiger partial charge in [0.15, 0.2) is 5.96 Å². The molecule has 6 heteroatoms. The molecule has 0 radical (unpaired) electrons. The lowest BCUT2D eigenvalue weighted by Gasteiger charge is -2.26.